The largest absolute Gasteiger partial charge is 0.496 e. The number of ether oxygens (including phenoxy) is 3. The van der Waals surface area contributed by atoms with Crippen LogP contribution in [0.5, 0.6) is 17.2 Å². The molecule has 3 N–H and O–H groups in total. The monoisotopic (exact) mass is 511 g/mol. The molecule has 0 saturated heterocycles. The zero-order chi connectivity index (χ0) is 24.9. The highest BCUT2D eigenvalue weighted by Gasteiger charge is 2.30. The molecule has 1 unspecified atom stereocenters. The maximum absolute atomic E-state index is 12.9. The Hall–Kier alpha value is -3.18. The summed E-state index contributed by atoms with van der Waals surface area (Å²) >= 11 is 6.03. The maximum Gasteiger partial charge on any atom is 0.328 e. The molecule has 2 aromatic carbocycles. The predicted octanol–water partition coefficient (Wildman–Crippen LogP) is 2.66. The van der Waals surface area contributed by atoms with Crippen LogP contribution in [-0.2, 0) is 10.0 Å². The number of benzene rings is 2. The number of hydrogen-bond acceptors (Lipinski definition) is 7. The zero-order valence-corrected chi connectivity index (χ0v) is 20.5. The molecule has 0 fully saturated rings. The molecule has 1 aliphatic rings. The summed E-state index contributed by atoms with van der Waals surface area (Å²) in [6, 6.07) is 6.77. The maximum atomic E-state index is 12.9. The lowest BCUT2D eigenvalue weighted by atomic mass is 9.92. The normalized spacial score (nSPS) is 14.9. The van der Waals surface area contributed by atoms with Gasteiger partial charge in [-0.1, -0.05) is 11.6 Å². The van der Waals surface area contributed by atoms with E-state index in [-0.39, 0.29) is 41.2 Å². The lowest BCUT2D eigenvalue weighted by molar-refractivity contribution is 0.0945. The van der Waals surface area contributed by atoms with Crippen molar-refractivity contribution in [1.82, 2.24) is 15.4 Å². The SMILES string of the molecule is CCOc1cc2c(cc1S(=O)(=O)NC(=O)NC)C(CNC(=O)c1cc(Cl)ccc1OC)CCO2. The number of carbonyl (C=O) groups excluding carboxylic acids is 2. The second-order valence-electron chi connectivity index (χ2n) is 7.34. The number of sulfonamides is 1. The summed E-state index contributed by atoms with van der Waals surface area (Å²) in [7, 11) is -1.46. The number of fused-ring (bicyclic) bond motifs is 1. The van der Waals surface area contributed by atoms with E-state index in [9.17, 15) is 18.0 Å². The van der Waals surface area contributed by atoms with Crippen LogP contribution in [0.1, 0.15) is 35.2 Å². The van der Waals surface area contributed by atoms with Gasteiger partial charge in [-0.3, -0.25) is 4.79 Å². The first-order valence-electron chi connectivity index (χ1n) is 10.5. The van der Waals surface area contributed by atoms with Gasteiger partial charge in [0.15, 0.2) is 0 Å². The molecule has 3 rings (SSSR count). The van der Waals surface area contributed by atoms with Gasteiger partial charge in [0.25, 0.3) is 15.9 Å². The Morgan fingerprint density at radius 1 is 1.21 bits per heavy atom. The van der Waals surface area contributed by atoms with E-state index in [4.69, 9.17) is 25.8 Å². The average Bonchev–Trinajstić information content (AvgIpc) is 2.81. The van der Waals surface area contributed by atoms with E-state index in [1.54, 1.807) is 19.1 Å². The van der Waals surface area contributed by atoms with Gasteiger partial charge in [-0.25, -0.2) is 17.9 Å². The molecule has 1 heterocycles. The second-order valence-corrected chi connectivity index (χ2v) is 9.43. The molecule has 12 heteroatoms. The summed E-state index contributed by atoms with van der Waals surface area (Å²) in [5.41, 5.74) is 0.859. The summed E-state index contributed by atoms with van der Waals surface area (Å²) in [6.07, 6.45) is 0.538. The third-order valence-electron chi connectivity index (χ3n) is 5.20. The molecule has 184 valence electrons. The molecule has 0 bridgehead atoms. The van der Waals surface area contributed by atoms with Crippen LogP contribution in [-0.4, -0.2) is 54.3 Å². The molecule has 10 nitrogen and oxygen atoms in total. The summed E-state index contributed by atoms with van der Waals surface area (Å²) in [6.45, 7) is 2.51. The Morgan fingerprint density at radius 2 is 1.97 bits per heavy atom. The minimum absolute atomic E-state index is 0.0611. The van der Waals surface area contributed by atoms with Crippen LogP contribution in [0.25, 0.3) is 0 Å². The van der Waals surface area contributed by atoms with Gasteiger partial charge < -0.3 is 24.8 Å². The minimum Gasteiger partial charge on any atom is -0.496 e. The van der Waals surface area contributed by atoms with Crippen molar-refractivity contribution in [1.29, 1.82) is 0 Å². The first kappa shape index (κ1) is 25.4. The Labute approximate surface area is 203 Å². The van der Waals surface area contributed by atoms with Gasteiger partial charge >= 0.3 is 6.03 Å². The summed E-state index contributed by atoms with van der Waals surface area (Å²) in [4.78, 5) is 24.3. The molecule has 0 saturated carbocycles. The number of rotatable bonds is 8. The van der Waals surface area contributed by atoms with Crippen LogP contribution in [0, 0.1) is 0 Å². The first-order valence-corrected chi connectivity index (χ1v) is 12.4. The van der Waals surface area contributed by atoms with Crippen molar-refractivity contribution >= 4 is 33.6 Å². The third kappa shape index (κ3) is 5.65. The molecule has 0 radical (unpaired) electrons. The topological polar surface area (TPSA) is 132 Å². The lowest BCUT2D eigenvalue weighted by Gasteiger charge is -2.27. The minimum atomic E-state index is -4.23. The number of methoxy groups -OCH3 is 1. The fourth-order valence-electron chi connectivity index (χ4n) is 3.55. The predicted molar refractivity (Wildman–Crippen MR) is 126 cm³/mol. The zero-order valence-electron chi connectivity index (χ0n) is 18.9. The van der Waals surface area contributed by atoms with Crippen LogP contribution < -0.4 is 29.6 Å². The van der Waals surface area contributed by atoms with Crippen molar-refractivity contribution < 1.29 is 32.2 Å². The van der Waals surface area contributed by atoms with E-state index in [2.05, 4.69) is 10.6 Å². The van der Waals surface area contributed by atoms with Crippen LogP contribution in [0.2, 0.25) is 5.02 Å². The summed E-state index contributed by atoms with van der Waals surface area (Å²) in [5.74, 6) is 0.262. The van der Waals surface area contributed by atoms with E-state index < -0.39 is 16.1 Å². The number of halogens is 1. The number of carbonyl (C=O) groups is 2. The number of nitrogens with one attached hydrogen (secondary N) is 3. The van der Waals surface area contributed by atoms with E-state index >= 15 is 0 Å². The molecule has 34 heavy (non-hydrogen) atoms. The highest BCUT2D eigenvalue weighted by molar-refractivity contribution is 7.90. The standard InChI is InChI=1S/C22H26ClN3O7S/c1-4-32-19-11-18-15(10-20(19)34(29,30)26-22(28)24-2)13(7-8-33-18)12-25-21(27)16-9-14(23)5-6-17(16)31-3/h5-6,9-11,13H,4,7-8,12H2,1-3H3,(H,25,27)(H2,24,26,28). The van der Waals surface area contributed by atoms with Crippen LogP contribution >= 0.6 is 11.6 Å². The van der Waals surface area contributed by atoms with Crippen LogP contribution in [0.15, 0.2) is 35.2 Å². The molecule has 2 aromatic rings. The highest BCUT2D eigenvalue weighted by Crippen LogP contribution is 2.40. The fourth-order valence-corrected chi connectivity index (χ4v) is 4.85. The number of amides is 3. The molecule has 3 amide bonds. The van der Waals surface area contributed by atoms with Gasteiger partial charge in [0.05, 0.1) is 25.9 Å². The van der Waals surface area contributed by atoms with Crippen molar-refractivity contribution in [2.75, 3.05) is 33.9 Å². The fraction of sp³-hybridized carbons (Fsp3) is 0.364. The molecular formula is C22H26ClN3O7S. The van der Waals surface area contributed by atoms with Gasteiger partial charge in [0, 0.05) is 36.2 Å². The van der Waals surface area contributed by atoms with Gasteiger partial charge in [-0.15, -0.1) is 0 Å². The number of hydrogen-bond donors (Lipinski definition) is 3. The quantitative estimate of drug-likeness (QED) is 0.496. The molecular weight excluding hydrogens is 486 g/mol. The Balaban J connectivity index is 1.91. The summed E-state index contributed by atoms with van der Waals surface area (Å²) < 4.78 is 44.1. The van der Waals surface area contributed by atoms with Crippen molar-refractivity contribution in [3.63, 3.8) is 0 Å². The van der Waals surface area contributed by atoms with Crippen LogP contribution in [0.4, 0.5) is 4.79 Å². The van der Waals surface area contributed by atoms with Crippen molar-refractivity contribution in [2.45, 2.75) is 24.2 Å². The molecule has 0 aromatic heterocycles. The van der Waals surface area contributed by atoms with E-state index in [0.29, 0.717) is 35.1 Å². The molecule has 0 aliphatic carbocycles. The van der Waals surface area contributed by atoms with Crippen molar-refractivity contribution in [2.24, 2.45) is 0 Å². The van der Waals surface area contributed by atoms with Crippen molar-refractivity contribution in [3.05, 3.63) is 46.5 Å². The van der Waals surface area contributed by atoms with E-state index in [1.807, 2.05) is 4.72 Å². The third-order valence-corrected chi connectivity index (χ3v) is 6.79. The second kappa shape index (κ2) is 10.8. The number of urea groups is 1. The summed E-state index contributed by atoms with van der Waals surface area (Å²) in [5, 5.41) is 5.46. The smallest absolute Gasteiger partial charge is 0.328 e. The van der Waals surface area contributed by atoms with Crippen molar-refractivity contribution in [3.8, 4) is 17.2 Å². The molecule has 1 atom stereocenters. The Bertz CT molecular complexity index is 1190. The van der Waals surface area contributed by atoms with Gasteiger partial charge in [0.1, 0.15) is 22.1 Å². The van der Waals surface area contributed by atoms with Gasteiger partial charge in [-0.05, 0) is 37.6 Å². The van der Waals surface area contributed by atoms with Gasteiger partial charge in [-0.2, -0.15) is 0 Å². The van der Waals surface area contributed by atoms with E-state index in [0.717, 1.165) is 0 Å². The van der Waals surface area contributed by atoms with E-state index in [1.165, 1.54) is 32.4 Å². The Kier molecular flexibility index (Phi) is 8.11. The van der Waals surface area contributed by atoms with Gasteiger partial charge in [0.2, 0.25) is 0 Å². The van der Waals surface area contributed by atoms with Crippen LogP contribution in [0.3, 0.4) is 0 Å². The molecule has 1 aliphatic heterocycles. The average molecular weight is 512 g/mol. The Morgan fingerprint density at radius 3 is 2.65 bits per heavy atom. The highest BCUT2D eigenvalue weighted by atomic mass is 35.5. The first-order chi connectivity index (χ1) is 16.2. The molecule has 0 spiro atoms. The lowest BCUT2D eigenvalue weighted by Crippen LogP contribution is -2.37.